The van der Waals surface area contributed by atoms with Crippen molar-refractivity contribution in [2.24, 2.45) is 0 Å². The van der Waals surface area contributed by atoms with Gasteiger partial charge in [-0.25, -0.2) is 0 Å². The molecule has 0 aliphatic rings. The molecule has 0 atom stereocenters. The van der Waals surface area contributed by atoms with Gasteiger partial charge in [0.15, 0.2) is 0 Å². The summed E-state index contributed by atoms with van der Waals surface area (Å²) in [6.07, 6.45) is 0. The van der Waals surface area contributed by atoms with E-state index in [0.29, 0.717) is 29.4 Å². The Balaban J connectivity index is 2.01. The number of rotatable bonds is 8. The number of carbonyl (C=O) groups is 2. The van der Waals surface area contributed by atoms with E-state index in [-0.39, 0.29) is 25.0 Å². The zero-order valence-electron chi connectivity index (χ0n) is 15.5. The highest BCUT2D eigenvalue weighted by Gasteiger charge is 2.13. The molecule has 27 heavy (non-hydrogen) atoms. The lowest BCUT2D eigenvalue weighted by molar-refractivity contribution is -0.117. The Morgan fingerprint density at radius 1 is 1.11 bits per heavy atom. The SMILES string of the molecule is CN(C)C(=O)c1cccc(NC(=O)CN(CCO)Cc2cccc(Cl)c2)c1. The van der Waals surface area contributed by atoms with E-state index < -0.39 is 0 Å². The quantitative estimate of drug-likeness (QED) is 0.727. The predicted molar refractivity (Wildman–Crippen MR) is 107 cm³/mol. The topological polar surface area (TPSA) is 72.9 Å². The number of benzene rings is 2. The molecule has 0 aliphatic carbocycles. The van der Waals surface area contributed by atoms with Crippen molar-refractivity contribution in [1.29, 1.82) is 0 Å². The van der Waals surface area contributed by atoms with Crippen LogP contribution in [0.3, 0.4) is 0 Å². The van der Waals surface area contributed by atoms with Crippen molar-refractivity contribution in [3.8, 4) is 0 Å². The number of aliphatic hydroxyl groups is 1. The van der Waals surface area contributed by atoms with Crippen LogP contribution in [0.2, 0.25) is 5.02 Å². The summed E-state index contributed by atoms with van der Waals surface area (Å²) in [7, 11) is 3.35. The van der Waals surface area contributed by atoms with E-state index in [1.54, 1.807) is 44.4 Å². The van der Waals surface area contributed by atoms with Crippen molar-refractivity contribution in [3.05, 3.63) is 64.7 Å². The van der Waals surface area contributed by atoms with E-state index >= 15 is 0 Å². The first-order valence-electron chi connectivity index (χ1n) is 8.58. The lowest BCUT2D eigenvalue weighted by Crippen LogP contribution is -2.34. The molecule has 2 amide bonds. The standard InChI is InChI=1S/C20H24ClN3O3/c1-23(2)20(27)16-6-4-8-18(12-16)22-19(26)14-24(9-10-25)13-15-5-3-7-17(21)11-15/h3-8,11-12,25H,9-10,13-14H2,1-2H3,(H,22,26). The Hall–Kier alpha value is -2.41. The largest absolute Gasteiger partial charge is 0.395 e. The molecule has 0 saturated heterocycles. The minimum Gasteiger partial charge on any atom is -0.395 e. The molecule has 2 aromatic rings. The summed E-state index contributed by atoms with van der Waals surface area (Å²) in [5.41, 5.74) is 2.02. The predicted octanol–water partition coefficient (Wildman–Crippen LogP) is 2.47. The van der Waals surface area contributed by atoms with Crippen LogP contribution in [0.4, 0.5) is 5.69 Å². The molecule has 7 heteroatoms. The zero-order valence-corrected chi connectivity index (χ0v) is 16.2. The molecule has 0 aliphatic heterocycles. The van der Waals surface area contributed by atoms with Crippen LogP contribution in [0.15, 0.2) is 48.5 Å². The first kappa shape index (κ1) is 20.9. The number of nitrogens with zero attached hydrogens (tertiary/aromatic N) is 2. The average molecular weight is 390 g/mol. The maximum Gasteiger partial charge on any atom is 0.253 e. The average Bonchev–Trinajstić information content (AvgIpc) is 2.61. The van der Waals surface area contributed by atoms with Gasteiger partial charge < -0.3 is 15.3 Å². The molecule has 0 saturated carbocycles. The molecule has 6 nitrogen and oxygen atoms in total. The molecule has 0 spiro atoms. The zero-order chi connectivity index (χ0) is 19.8. The van der Waals surface area contributed by atoms with Gasteiger partial charge in [0.1, 0.15) is 0 Å². The minimum atomic E-state index is -0.222. The molecular formula is C20H24ClN3O3. The third kappa shape index (κ3) is 6.67. The maximum absolute atomic E-state index is 12.4. The fourth-order valence-corrected chi connectivity index (χ4v) is 2.85. The van der Waals surface area contributed by atoms with E-state index in [4.69, 9.17) is 11.6 Å². The number of hydrogen-bond acceptors (Lipinski definition) is 4. The first-order chi connectivity index (χ1) is 12.9. The molecule has 2 aromatic carbocycles. The Labute approximate surface area is 164 Å². The van der Waals surface area contributed by atoms with Gasteiger partial charge in [0.05, 0.1) is 13.2 Å². The van der Waals surface area contributed by atoms with E-state index in [1.807, 2.05) is 23.1 Å². The fraction of sp³-hybridized carbons (Fsp3) is 0.300. The molecule has 2 rings (SSSR count). The van der Waals surface area contributed by atoms with Gasteiger partial charge in [0.25, 0.3) is 5.91 Å². The van der Waals surface area contributed by atoms with Crippen molar-refractivity contribution >= 4 is 29.1 Å². The summed E-state index contributed by atoms with van der Waals surface area (Å²) in [4.78, 5) is 27.8. The first-order valence-corrected chi connectivity index (χ1v) is 8.96. The molecule has 144 valence electrons. The molecule has 0 unspecified atom stereocenters. The number of nitrogens with one attached hydrogen (secondary N) is 1. The lowest BCUT2D eigenvalue weighted by atomic mass is 10.2. The van der Waals surface area contributed by atoms with Gasteiger partial charge in [-0.3, -0.25) is 14.5 Å². The number of anilines is 1. The van der Waals surface area contributed by atoms with Crippen molar-refractivity contribution < 1.29 is 14.7 Å². The number of aliphatic hydroxyl groups excluding tert-OH is 1. The van der Waals surface area contributed by atoms with Crippen LogP contribution in [0.1, 0.15) is 15.9 Å². The van der Waals surface area contributed by atoms with E-state index in [2.05, 4.69) is 5.32 Å². The normalized spacial score (nSPS) is 10.7. The van der Waals surface area contributed by atoms with Gasteiger partial charge in [-0.2, -0.15) is 0 Å². The summed E-state index contributed by atoms with van der Waals surface area (Å²) in [5.74, 6) is -0.353. The van der Waals surface area contributed by atoms with Crippen molar-refractivity contribution in [2.75, 3.05) is 39.1 Å². The van der Waals surface area contributed by atoms with Crippen molar-refractivity contribution in [1.82, 2.24) is 9.80 Å². The van der Waals surface area contributed by atoms with Crippen LogP contribution in [-0.2, 0) is 11.3 Å². The van der Waals surface area contributed by atoms with Crippen molar-refractivity contribution in [2.45, 2.75) is 6.54 Å². The second-order valence-corrected chi connectivity index (χ2v) is 6.83. The minimum absolute atomic E-state index is 0.0549. The van der Waals surface area contributed by atoms with Gasteiger partial charge in [0.2, 0.25) is 5.91 Å². The maximum atomic E-state index is 12.4. The third-order valence-corrected chi connectivity index (χ3v) is 4.11. The van der Waals surface area contributed by atoms with Crippen LogP contribution in [0, 0.1) is 0 Å². The van der Waals surface area contributed by atoms with Gasteiger partial charge in [-0.1, -0.05) is 29.8 Å². The van der Waals surface area contributed by atoms with Crippen LogP contribution < -0.4 is 5.32 Å². The summed E-state index contributed by atoms with van der Waals surface area (Å²) in [6, 6.07) is 14.2. The van der Waals surface area contributed by atoms with Gasteiger partial charge in [-0.05, 0) is 35.9 Å². The fourth-order valence-electron chi connectivity index (χ4n) is 2.64. The van der Waals surface area contributed by atoms with Crippen molar-refractivity contribution in [3.63, 3.8) is 0 Å². The molecule has 0 radical (unpaired) electrons. The van der Waals surface area contributed by atoms with Crippen LogP contribution in [-0.4, -0.2) is 60.5 Å². The monoisotopic (exact) mass is 389 g/mol. The number of halogens is 1. The Bertz CT molecular complexity index is 796. The summed E-state index contributed by atoms with van der Waals surface area (Å²) in [5, 5.41) is 12.7. The summed E-state index contributed by atoms with van der Waals surface area (Å²) in [6.45, 7) is 0.909. The number of hydrogen-bond donors (Lipinski definition) is 2. The smallest absolute Gasteiger partial charge is 0.253 e. The molecule has 0 bridgehead atoms. The summed E-state index contributed by atoms with van der Waals surface area (Å²) < 4.78 is 0. The van der Waals surface area contributed by atoms with Crippen LogP contribution >= 0.6 is 11.6 Å². The van der Waals surface area contributed by atoms with Crippen LogP contribution in [0.25, 0.3) is 0 Å². The molecule has 0 aromatic heterocycles. The van der Waals surface area contributed by atoms with Gasteiger partial charge in [-0.15, -0.1) is 0 Å². The molecular weight excluding hydrogens is 366 g/mol. The van der Waals surface area contributed by atoms with E-state index in [0.717, 1.165) is 5.56 Å². The highest BCUT2D eigenvalue weighted by molar-refractivity contribution is 6.30. The number of amides is 2. The van der Waals surface area contributed by atoms with E-state index in [9.17, 15) is 14.7 Å². The Morgan fingerprint density at radius 3 is 2.52 bits per heavy atom. The second kappa shape index (κ2) is 10.1. The Kier molecular flexibility index (Phi) is 7.79. The lowest BCUT2D eigenvalue weighted by Gasteiger charge is -2.21. The molecule has 0 heterocycles. The van der Waals surface area contributed by atoms with Gasteiger partial charge in [0, 0.05) is 43.5 Å². The Morgan fingerprint density at radius 2 is 1.85 bits per heavy atom. The van der Waals surface area contributed by atoms with Gasteiger partial charge >= 0.3 is 0 Å². The third-order valence-electron chi connectivity index (χ3n) is 3.88. The highest BCUT2D eigenvalue weighted by atomic mass is 35.5. The second-order valence-electron chi connectivity index (χ2n) is 6.39. The molecule has 0 fully saturated rings. The van der Waals surface area contributed by atoms with E-state index in [1.165, 1.54) is 4.90 Å². The highest BCUT2D eigenvalue weighted by Crippen LogP contribution is 2.14. The molecule has 2 N–H and O–H groups in total. The summed E-state index contributed by atoms with van der Waals surface area (Å²) >= 11 is 6.00. The van der Waals surface area contributed by atoms with Crippen LogP contribution in [0.5, 0.6) is 0 Å². The number of carbonyl (C=O) groups excluding carboxylic acids is 2.